The number of benzene rings is 1. The molecule has 0 aliphatic carbocycles. The third-order valence-corrected chi connectivity index (χ3v) is 4.17. The van der Waals surface area contributed by atoms with Crippen LogP contribution in [-0.2, 0) is 16.0 Å². The third kappa shape index (κ3) is 3.20. The Hall–Kier alpha value is -2.56. The van der Waals surface area contributed by atoms with Crippen LogP contribution in [0.2, 0.25) is 0 Å². The second-order valence-corrected chi connectivity index (χ2v) is 6.62. The smallest absolute Gasteiger partial charge is 0.240 e. The number of hydrogen-bond acceptors (Lipinski definition) is 4. The number of amides is 2. The van der Waals surface area contributed by atoms with E-state index in [1.165, 1.54) is 0 Å². The topological polar surface area (TPSA) is 63.2 Å². The van der Waals surface area contributed by atoms with E-state index in [1.807, 2.05) is 33.8 Å². The highest BCUT2D eigenvalue weighted by Crippen LogP contribution is 2.27. The first-order valence-electron chi connectivity index (χ1n) is 8.10. The molecule has 0 N–H and O–H groups in total. The number of aryl methyl sites for hydroxylation is 4. The summed E-state index contributed by atoms with van der Waals surface area (Å²) in [5.41, 5.74) is 4.90. The van der Waals surface area contributed by atoms with E-state index in [4.69, 9.17) is 0 Å². The number of aromatic nitrogens is 2. The second kappa shape index (κ2) is 6.15. The largest absolute Gasteiger partial charge is 0.274 e. The van der Waals surface area contributed by atoms with Gasteiger partial charge < -0.3 is 0 Å². The SMILES string of the molecule is Cc1cc(C)cc(C[C@H]2CC(=O)N(c3nc(C)cc(C)n3)C2=O)c1. The van der Waals surface area contributed by atoms with Crippen molar-refractivity contribution in [3.8, 4) is 0 Å². The average Bonchev–Trinajstić information content (AvgIpc) is 2.71. The molecule has 124 valence electrons. The second-order valence-electron chi connectivity index (χ2n) is 6.62. The van der Waals surface area contributed by atoms with Gasteiger partial charge in [-0.25, -0.2) is 14.9 Å². The van der Waals surface area contributed by atoms with Crippen molar-refractivity contribution in [3.05, 3.63) is 52.3 Å². The van der Waals surface area contributed by atoms with E-state index in [0.29, 0.717) is 6.42 Å². The minimum atomic E-state index is -0.344. The average molecular weight is 323 g/mol. The normalized spacial score (nSPS) is 17.7. The molecule has 1 fully saturated rings. The van der Waals surface area contributed by atoms with Gasteiger partial charge >= 0.3 is 0 Å². The Balaban J connectivity index is 1.86. The van der Waals surface area contributed by atoms with Crippen molar-refractivity contribution in [3.63, 3.8) is 0 Å². The van der Waals surface area contributed by atoms with Crippen molar-refractivity contribution in [2.45, 2.75) is 40.5 Å². The maximum Gasteiger partial charge on any atom is 0.240 e. The quantitative estimate of drug-likeness (QED) is 0.815. The van der Waals surface area contributed by atoms with Crippen molar-refractivity contribution >= 4 is 17.8 Å². The fraction of sp³-hybridized carbons (Fsp3) is 0.368. The van der Waals surface area contributed by atoms with E-state index >= 15 is 0 Å². The lowest BCUT2D eigenvalue weighted by molar-refractivity contribution is -0.122. The van der Waals surface area contributed by atoms with E-state index in [2.05, 4.69) is 28.2 Å². The molecule has 24 heavy (non-hydrogen) atoms. The summed E-state index contributed by atoms with van der Waals surface area (Å²) in [7, 11) is 0. The molecule has 1 aliphatic rings. The summed E-state index contributed by atoms with van der Waals surface area (Å²) >= 11 is 0. The van der Waals surface area contributed by atoms with Crippen LogP contribution in [0.15, 0.2) is 24.3 Å². The molecule has 2 aromatic rings. The number of anilines is 1. The first kappa shape index (κ1) is 16.3. The number of nitrogens with zero attached hydrogens (tertiary/aromatic N) is 3. The number of hydrogen-bond donors (Lipinski definition) is 0. The highest BCUT2D eigenvalue weighted by atomic mass is 16.2. The van der Waals surface area contributed by atoms with Crippen LogP contribution in [0.25, 0.3) is 0 Å². The van der Waals surface area contributed by atoms with Gasteiger partial charge in [-0.2, -0.15) is 0 Å². The van der Waals surface area contributed by atoms with Crippen LogP contribution >= 0.6 is 0 Å². The molecule has 0 saturated carbocycles. The monoisotopic (exact) mass is 323 g/mol. The molecule has 3 rings (SSSR count). The van der Waals surface area contributed by atoms with Gasteiger partial charge in [0.15, 0.2) is 0 Å². The van der Waals surface area contributed by atoms with E-state index in [0.717, 1.165) is 33.0 Å². The van der Waals surface area contributed by atoms with Crippen LogP contribution in [-0.4, -0.2) is 21.8 Å². The van der Waals surface area contributed by atoms with Gasteiger partial charge in [0.2, 0.25) is 17.8 Å². The van der Waals surface area contributed by atoms with Gasteiger partial charge in [0.25, 0.3) is 0 Å². The molecule has 0 unspecified atom stereocenters. The number of carbonyl (C=O) groups is 2. The molecule has 5 nitrogen and oxygen atoms in total. The molecule has 0 radical (unpaired) electrons. The van der Waals surface area contributed by atoms with Crippen LogP contribution in [0.3, 0.4) is 0 Å². The summed E-state index contributed by atoms with van der Waals surface area (Å²) in [5, 5.41) is 0. The van der Waals surface area contributed by atoms with Gasteiger partial charge in [0.1, 0.15) is 0 Å². The van der Waals surface area contributed by atoms with E-state index in [9.17, 15) is 9.59 Å². The Morgan fingerprint density at radius 3 is 2.12 bits per heavy atom. The zero-order chi connectivity index (χ0) is 17.4. The number of rotatable bonds is 3. The van der Waals surface area contributed by atoms with Crippen molar-refractivity contribution < 1.29 is 9.59 Å². The summed E-state index contributed by atoms with van der Waals surface area (Å²) < 4.78 is 0. The fourth-order valence-corrected chi connectivity index (χ4v) is 3.34. The van der Waals surface area contributed by atoms with Gasteiger partial charge in [-0.05, 0) is 45.7 Å². The van der Waals surface area contributed by atoms with Crippen LogP contribution in [0.4, 0.5) is 5.95 Å². The zero-order valence-electron chi connectivity index (χ0n) is 14.5. The molecule has 0 spiro atoms. The minimum Gasteiger partial charge on any atom is -0.274 e. The zero-order valence-corrected chi connectivity index (χ0v) is 14.5. The van der Waals surface area contributed by atoms with Crippen molar-refractivity contribution in [2.24, 2.45) is 5.92 Å². The van der Waals surface area contributed by atoms with Crippen LogP contribution in [0.5, 0.6) is 0 Å². The Labute approximate surface area is 141 Å². The minimum absolute atomic E-state index is 0.199. The molecule has 2 heterocycles. The lowest BCUT2D eigenvalue weighted by atomic mass is 9.95. The summed E-state index contributed by atoms with van der Waals surface area (Å²) in [6.07, 6.45) is 0.774. The molecule has 1 atom stereocenters. The summed E-state index contributed by atoms with van der Waals surface area (Å²) in [6, 6.07) is 8.06. The van der Waals surface area contributed by atoms with Crippen LogP contribution < -0.4 is 4.90 Å². The first-order valence-corrected chi connectivity index (χ1v) is 8.10. The molecule has 1 aromatic heterocycles. The molecule has 1 aromatic carbocycles. The van der Waals surface area contributed by atoms with Crippen LogP contribution in [0, 0.1) is 33.6 Å². The highest BCUT2D eigenvalue weighted by Gasteiger charge is 2.41. The highest BCUT2D eigenvalue weighted by molar-refractivity contribution is 6.20. The number of carbonyl (C=O) groups excluding carboxylic acids is 2. The summed E-state index contributed by atoms with van der Waals surface area (Å²) in [4.78, 5) is 34.8. The van der Waals surface area contributed by atoms with Crippen molar-refractivity contribution in [1.82, 2.24) is 9.97 Å². The van der Waals surface area contributed by atoms with Gasteiger partial charge in [-0.1, -0.05) is 29.3 Å². The molecule has 0 bridgehead atoms. The first-order chi connectivity index (χ1) is 11.3. The molecule has 2 amide bonds. The van der Waals surface area contributed by atoms with Gasteiger partial charge in [-0.15, -0.1) is 0 Å². The maximum atomic E-state index is 12.7. The van der Waals surface area contributed by atoms with Crippen LogP contribution in [0.1, 0.15) is 34.5 Å². The molecular formula is C19H21N3O2. The predicted octanol–water partition coefficient (Wildman–Crippen LogP) is 2.83. The van der Waals surface area contributed by atoms with E-state index in [-0.39, 0.29) is 30.1 Å². The van der Waals surface area contributed by atoms with Crippen molar-refractivity contribution in [1.29, 1.82) is 0 Å². The lowest BCUT2D eigenvalue weighted by Gasteiger charge is -2.14. The fourth-order valence-electron chi connectivity index (χ4n) is 3.34. The predicted molar refractivity (Wildman–Crippen MR) is 91.7 cm³/mol. The Bertz CT molecular complexity index is 789. The van der Waals surface area contributed by atoms with E-state index < -0.39 is 0 Å². The van der Waals surface area contributed by atoms with Gasteiger partial charge in [-0.3, -0.25) is 9.59 Å². The third-order valence-electron chi connectivity index (χ3n) is 4.17. The maximum absolute atomic E-state index is 12.7. The summed E-state index contributed by atoms with van der Waals surface area (Å²) in [5.74, 6) is -0.572. The molecular weight excluding hydrogens is 302 g/mol. The molecule has 1 saturated heterocycles. The lowest BCUT2D eigenvalue weighted by Crippen LogP contribution is -2.32. The van der Waals surface area contributed by atoms with Gasteiger partial charge in [0, 0.05) is 17.8 Å². The van der Waals surface area contributed by atoms with E-state index in [1.54, 1.807) is 0 Å². The summed E-state index contributed by atoms with van der Waals surface area (Å²) in [6.45, 7) is 7.73. The van der Waals surface area contributed by atoms with Crippen molar-refractivity contribution in [2.75, 3.05) is 4.90 Å². The van der Waals surface area contributed by atoms with Gasteiger partial charge in [0.05, 0.1) is 5.92 Å². The molecule has 5 heteroatoms. The Morgan fingerprint density at radius 2 is 1.54 bits per heavy atom. The molecule has 1 aliphatic heterocycles. The standard InChI is InChI=1S/C19H21N3O2/c1-11-5-12(2)7-15(6-11)9-16-10-17(23)22(18(16)24)19-20-13(3)8-14(4)21-19/h5-8,16H,9-10H2,1-4H3/t16-/m0/s1. The Morgan fingerprint density at radius 1 is 0.958 bits per heavy atom. The number of imide groups is 1. The Kier molecular flexibility index (Phi) is 4.18.